The molecule has 0 bridgehead atoms. The van der Waals surface area contributed by atoms with Crippen LogP contribution in [0.2, 0.25) is 0 Å². The van der Waals surface area contributed by atoms with Gasteiger partial charge in [0, 0.05) is 24.0 Å². The lowest BCUT2D eigenvalue weighted by atomic mass is 9.59. The minimum Gasteiger partial charge on any atom is -0.445 e. The van der Waals surface area contributed by atoms with Gasteiger partial charge in [0.15, 0.2) is 0 Å². The molecule has 1 spiro atoms. The molecular formula is C28H35NO5. The van der Waals surface area contributed by atoms with Crippen LogP contribution >= 0.6 is 0 Å². The molecule has 6 heteroatoms. The quantitative estimate of drug-likeness (QED) is 0.398. The monoisotopic (exact) mass is 465 g/mol. The standard InChI is InChI=1S/C28H35NO5/c1-16-9-8-12-20-25-27(4,34-25)18(3)23-21(15-19-10-6-5-7-11-19)29-26(32)28(20,23)33-22(30)14-13-17(2)24(16)31/h5-8,10-14,16-18,20-21,23-25,31H,9,15H2,1-4H3,(H,29,32)/b12-8+,14-13-/t16?,17?,18-,20-,21-,23-,24?,25?,27+,28+/m0/s1. The minimum absolute atomic E-state index is 0.00958. The van der Waals surface area contributed by atoms with Crippen LogP contribution in [0, 0.1) is 29.6 Å². The zero-order chi connectivity index (χ0) is 24.3. The highest BCUT2D eigenvalue weighted by Crippen LogP contribution is 2.63. The second-order valence-electron chi connectivity index (χ2n) is 10.9. The first-order valence-electron chi connectivity index (χ1n) is 12.5. The average Bonchev–Trinajstić information content (AvgIpc) is 3.43. The van der Waals surface area contributed by atoms with Crippen LogP contribution in [0.1, 0.15) is 39.7 Å². The van der Waals surface area contributed by atoms with Gasteiger partial charge in [-0.2, -0.15) is 0 Å². The van der Waals surface area contributed by atoms with E-state index in [4.69, 9.17) is 9.47 Å². The van der Waals surface area contributed by atoms with Gasteiger partial charge in [-0.05, 0) is 37.2 Å². The van der Waals surface area contributed by atoms with E-state index in [0.717, 1.165) is 5.56 Å². The number of hydrogen-bond acceptors (Lipinski definition) is 5. The summed E-state index contributed by atoms with van der Waals surface area (Å²) in [5, 5.41) is 13.8. The molecule has 1 amide bonds. The SMILES string of the molecule is CC1/C=C\C(=O)O[C@@]23C(=O)N[C@@H](Cc4ccccc4)[C@@H]2[C@H](C)[C@@]2(C)OC2[C@@H]3/C=C/CC(C)C1O. The fraction of sp³-hybridized carbons (Fsp3) is 0.571. The van der Waals surface area contributed by atoms with Gasteiger partial charge in [-0.1, -0.05) is 69.3 Å². The van der Waals surface area contributed by atoms with E-state index in [9.17, 15) is 14.7 Å². The van der Waals surface area contributed by atoms with Crippen LogP contribution in [0.15, 0.2) is 54.6 Å². The molecule has 4 aliphatic rings. The normalized spacial score (nSPS) is 47.6. The topological polar surface area (TPSA) is 88.2 Å². The largest absolute Gasteiger partial charge is 0.445 e. The van der Waals surface area contributed by atoms with Crippen LogP contribution in [0.5, 0.6) is 0 Å². The van der Waals surface area contributed by atoms with Crippen LogP contribution < -0.4 is 5.32 Å². The zero-order valence-corrected chi connectivity index (χ0v) is 20.3. The van der Waals surface area contributed by atoms with Crippen LogP contribution in [0.4, 0.5) is 0 Å². The van der Waals surface area contributed by atoms with Gasteiger partial charge in [-0.3, -0.25) is 4.79 Å². The number of carbonyl (C=O) groups is 2. The first kappa shape index (κ1) is 23.3. The molecule has 0 aromatic heterocycles. The number of aliphatic hydroxyl groups is 1. The van der Waals surface area contributed by atoms with Crippen molar-refractivity contribution in [3.05, 3.63) is 60.2 Å². The summed E-state index contributed by atoms with van der Waals surface area (Å²) in [6.07, 6.45) is 7.65. The van der Waals surface area contributed by atoms with Crippen molar-refractivity contribution in [2.75, 3.05) is 0 Å². The maximum Gasteiger partial charge on any atom is 0.331 e. The molecule has 3 heterocycles. The van der Waals surface area contributed by atoms with Crippen molar-refractivity contribution in [2.24, 2.45) is 29.6 Å². The van der Waals surface area contributed by atoms with E-state index in [1.165, 1.54) is 6.08 Å². The Morgan fingerprint density at radius 1 is 1.12 bits per heavy atom. The molecule has 1 aromatic rings. The summed E-state index contributed by atoms with van der Waals surface area (Å²) in [5.41, 5.74) is -0.574. The lowest BCUT2D eigenvalue weighted by Crippen LogP contribution is -2.61. The first-order valence-corrected chi connectivity index (χ1v) is 12.5. The molecular weight excluding hydrogens is 430 g/mol. The Morgan fingerprint density at radius 2 is 1.85 bits per heavy atom. The number of allylic oxidation sites excluding steroid dienone is 1. The highest BCUT2D eigenvalue weighted by atomic mass is 16.6. The molecule has 10 atom stereocenters. The predicted octanol–water partition coefficient (Wildman–Crippen LogP) is 3.20. The number of hydrogen-bond donors (Lipinski definition) is 2. The third kappa shape index (κ3) is 3.54. The Hall–Kier alpha value is -2.44. The number of rotatable bonds is 2. The molecule has 3 fully saturated rings. The number of esters is 1. The number of epoxide rings is 1. The summed E-state index contributed by atoms with van der Waals surface area (Å²) >= 11 is 0. The Labute approximate surface area is 201 Å². The molecule has 5 rings (SSSR count). The van der Waals surface area contributed by atoms with Gasteiger partial charge >= 0.3 is 5.97 Å². The maximum absolute atomic E-state index is 13.8. The Kier molecular flexibility index (Phi) is 5.72. The fourth-order valence-electron chi connectivity index (χ4n) is 6.65. The number of ether oxygens (including phenoxy) is 2. The van der Waals surface area contributed by atoms with Crippen molar-refractivity contribution in [3.63, 3.8) is 0 Å². The molecule has 1 aliphatic carbocycles. The maximum atomic E-state index is 13.8. The smallest absolute Gasteiger partial charge is 0.331 e. The third-order valence-electron chi connectivity index (χ3n) is 8.83. The number of carbonyl (C=O) groups excluding carboxylic acids is 2. The van der Waals surface area contributed by atoms with Crippen molar-refractivity contribution in [3.8, 4) is 0 Å². The van der Waals surface area contributed by atoms with E-state index in [1.54, 1.807) is 6.08 Å². The van der Waals surface area contributed by atoms with E-state index < -0.39 is 23.6 Å². The Balaban J connectivity index is 1.58. The van der Waals surface area contributed by atoms with Crippen molar-refractivity contribution in [1.29, 1.82) is 0 Å². The highest BCUT2D eigenvalue weighted by molar-refractivity contribution is 5.94. The molecule has 1 saturated carbocycles. The van der Waals surface area contributed by atoms with Gasteiger partial charge in [0.25, 0.3) is 5.91 Å². The van der Waals surface area contributed by atoms with Crippen LogP contribution in [0.3, 0.4) is 0 Å². The molecule has 182 valence electrons. The fourth-order valence-corrected chi connectivity index (χ4v) is 6.65. The predicted molar refractivity (Wildman–Crippen MR) is 128 cm³/mol. The van der Waals surface area contributed by atoms with Crippen molar-refractivity contribution in [2.45, 2.75) is 70.0 Å². The molecule has 0 radical (unpaired) electrons. The summed E-state index contributed by atoms with van der Waals surface area (Å²) in [4.78, 5) is 26.9. The van der Waals surface area contributed by atoms with Crippen molar-refractivity contribution in [1.82, 2.24) is 5.32 Å². The molecule has 1 aromatic carbocycles. The first-order chi connectivity index (χ1) is 16.2. The zero-order valence-electron chi connectivity index (χ0n) is 20.3. The Bertz CT molecular complexity index is 1020. The van der Waals surface area contributed by atoms with Gasteiger partial charge in [0.2, 0.25) is 5.60 Å². The van der Waals surface area contributed by atoms with Crippen LogP contribution in [-0.2, 0) is 25.5 Å². The van der Waals surface area contributed by atoms with Gasteiger partial charge in [-0.25, -0.2) is 4.79 Å². The molecule has 3 aliphatic heterocycles. The van der Waals surface area contributed by atoms with E-state index in [2.05, 4.69) is 31.3 Å². The van der Waals surface area contributed by atoms with Crippen molar-refractivity contribution < 1.29 is 24.2 Å². The Morgan fingerprint density at radius 3 is 2.59 bits per heavy atom. The van der Waals surface area contributed by atoms with E-state index in [0.29, 0.717) is 12.8 Å². The lowest BCUT2D eigenvalue weighted by molar-refractivity contribution is -0.177. The van der Waals surface area contributed by atoms with Crippen LogP contribution in [-0.4, -0.2) is 46.4 Å². The highest BCUT2D eigenvalue weighted by Gasteiger charge is 2.78. The molecule has 34 heavy (non-hydrogen) atoms. The number of aliphatic hydroxyl groups excluding tert-OH is 1. The number of amides is 1. The minimum atomic E-state index is -1.33. The molecule has 6 nitrogen and oxygen atoms in total. The van der Waals surface area contributed by atoms with E-state index in [-0.39, 0.29) is 47.3 Å². The molecule has 2 saturated heterocycles. The number of fused-ring (bicyclic) bond motifs is 2. The van der Waals surface area contributed by atoms with E-state index >= 15 is 0 Å². The van der Waals surface area contributed by atoms with E-state index in [1.807, 2.05) is 44.2 Å². The van der Waals surface area contributed by atoms with Gasteiger partial charge in [0.1, 0.15) is 0 Å². The third-order valence-corrected chi connectivity index (χ3v) is 8.83. The van der Waals surface area contributed by atoms with Crippen molar-refractivity contribution >= 4 is 11.9 Å². The molecule has 4 unspecified atom stereocenters. The molecule has 2 N–H and O–H groups in total. The van der Waals surface area contributed by atoms with Gasteiger partial charge in [0.05, 0.1) is 23.7 Å². The lowest BCUT2D eigenvalue weighted by Gasteiger charge is -2.45. The summed E-state index contributed by atoms with van der Waals surface area (Å²) in [6.45, 7) is 8.11. The summed E-state index contributed by atoms with van der Waals surface area (Å²) in [5.74, 6) is -1.60. The summed E-state index contributed by atoms with van der Waals surface area (Å²) in [7, 11) is 0. The van der Waals surface area contributed by atoms with Crippen LogP contribution in [0.25, 0.3) is 0 Å². The van der Waals surface area contributed by atoms with Gasteiger partial charge < -0.3 is 19.9 Å². The average molecular weight is 466 g/mol. The second-order valence-corrected chi connectivity index (χ2v) is 10.9. The summed E-state index contributed by atoms with van der Waals surface area (Å²) in [6, 6.07) is 9.92. The summed E-state index contributed by atoms with van der Waals surface area (Å²) < 4.78 is 12.5. The number of nitrogens with one attached hydrogen (secondary N) is 1. The number of benzene rings is 1. The second kappa shape index (κ2) is 8.35. The van der Waals surface area contributed by atoms with Gasteiger partial charge in [-0.15, -0.1) is 0 Å².